The van der Waals surface area contributed by atoms with Crippen molar-refractivity contribution in [2.75, 3.05) is 11.9 Å². The van der Waals surface area contributed by atoms with E-state index in [0.717, 1.165) is 24.8 Å². The number of carbonyl (C=O) groups is 1. The summed E-state index contributed by atoms with van der Waals surface area (Å²) in [6.07, 6.45) is 4.66. The summed E-state index contributed by atoms with van der Waals surface area (Å²) in [6, 6.07) is 11.9. The number of amides is 1. The molecule has 5 nitrogen and oxygen atoms in total. The number of nitrogens with zero attached hydrogens (tertiary/aromatic N) is 2. The molecule has 1 atom stereocenters. The van der Waals surface area contributed by atoms with E-state index in [1.54, 1.807) is 6.07 Å². The van der Waals surface area contributed by atoms with Gasteiger partial charge in [-0.05, 0) is 18.9 Å². The van der Waals surface area contributed by atoms with Gasteiger partial charge in [0.05, 0.1) is 0 Å². The zero-order valence-electron chi connectivity index (χ0n) is 13.7. The van der Waals surface area contributed by atoms with Crippen LogP contribution >= 0.6 is 0 Å². The Morgan fingerprint density at radius 2 is 1.96 bits per heavy atom. The first-order chi connectivity index (χ1) is 11.2. The molecule has 23 heavy (non-hydrogen) atoms. The van der Waals surface area contributed by atoms with E-state index in [1.165, 1.54) is 6.33 Å². The molecular weight excluding hydrogens is 288 g/mol. The molecule has 0 aliphatic heterocycles. The number of hydrogen-bond donors (Lipinski definition) is 2. The number of unbranched alkanes of at least 4 members (excludes halogenated alkanes) is 2. The van der Waals surface area contributed by atoms with Gasteiger partial charge in [0.15, 0.2) is 0 Å². The van der Waals surface area contributed by atoms with Crippen LogP contribution in [0.15, 0.2) is 42.7 Å². The topological polar surface area (TPSA) is 66.9 Å². The fourth-order valence-electron chi connectivity index (χ4n) is 2.27. The predicted molar refractivity (Wildman–Crippen MR) is 92.4 cm³/mol. The summed E-state index contributed by atoms with van der Waals surface area (Å²) in [7, 11) is 0. The van der Waals surface area contributed by atoms with Crippen molar-refractivity contribution >= 4 is 11.7 Å². The Hall–Kier alpha value is -2.43. The lowest BCUT2D eigenvalue weighted by Crippen LogP contribution is -2.25. The molecule has 0 saturated heterocycles. The van der Waals surface area contributed by atoms with E-state index in [0.29, 0.717) is 18.1 Å². The van der Waals surface area contributed by atoms with Crippen LogP contribution < -0.4 is 10.6 Å². The van der Waals surface area contributed by atoms with E-state index in [9.17, 15) is 4.79 Å². The van der Waals surface area contributed by atoms with E-state index >= 15 is 0 Å². The summed E-state index contributed by atoms with van der Waals surface area (Å²) in [6.45, 7) is 4.87. The second-order valence-corrected chi connectivity index (χ2v) is 5.53. The quantitative estimate of drug-likeness (QED) is 0.731. The van der Waals surface area contributed by atoms with Crippen molar-refractivity contribution in [2.24, 2.45) is 0 Å². The van der Waals surface area contributed by atoms with Gasteiger partial charge in [-0.25, -0.2) is 9.97 Å². The van der Waals surface area contributed by atoms with Crippen LogP contribution in [0.1, 0.15) is 55.2 Å². The Kier molecular flexibility index (Phi) is 6.54. The fourth-order valence-corrected chi connectivity index (χ4v) is 2.27. The Morgan fingerprint density at radius 3 is 2.70 bits per heavy atom. The van der Waals surface area contributed by atoms with Crippen LogP contribution in [0.25, 0.3) is 0 Å². The average molecular weight is 312 g/mol. The Morgan fingerprint density at radius 1 is 1.17 bits per heavy atom. The minimum atomic E-state index is -0.154. The normalized spacial score (nSPS) is 11.7. The molecule has 2 rings (SSSR count). The number of benzene rings is 1. The van der Waals surface area contributed by atoms with Crippen molar-refractivity contribution in [3.8, 4) is 0 Å². The molecule has 1 unspecified atom stereocenters. The Labute approximate surface area is 137 Å². The molecule has 0 bridgehead atoms. The van der Waals surface area contributed by atoms with Crippen LogP contribution in [0, 0.1) is 0 Å². The highest BCUT2D eigenvalue weighted by atomic mass is 16.1. The first-order valence-corrected chi connectivity index (χ1v) is 8.12. The van der Waals surface area contributed by atoms with Crippen molar-refractivity contribution in [3.63, 3.8) is 0 Å². The summed E-state index contributed by atoms with van der Waals surface area (Å²) in [5.41, 5.74) is 1.55. The van der Waals surface area contributed by atoms with Crippen LogP contribution in [0.3, 0.4) is 0 Å². The molecule has 1 amide bonds. The van der Waals surface area contributed by atoms with Crippen LogP contribution in [0.5, 0.6) is 0 Å². The Balaban J connectivity index is 1.95. The van der Waals surface area contributed by atoms with Gasteiger partial charge < -0.3 is 10.6 Å². The molecule has 1 heterocycles. The first kappa shape index (κ1) is 16.9. The van der Waals surface area contributed by atoms with Crippen molar-refractivity contribution in [3.05, 3.63) is 54.0 Å². The molecule has 1 aromatic heterocycles. The van der Waals surface area contributed by atoms with Crippen molar-refractivity contribution in [2.45, 2.75) is 39.2 Å². The van der Waals surface area contributed by atoms with E-state index in [1.807, 2.05) is 18.2 Å². The minimum Gasteiger partial charge on any atom is -0.363 e. The molecule has 1 aromatic carbocycles. The summed E-state index contributed by atoms with van der Waals surface area (Å²) in [4.78, 5) is 20.3. The lowest BCUT2D eigenvalue weighted by molar-refractivity contribution is 0.0948. The predicted octanol–water partition coefficient (Wildman–Crippen LogP) is 3.57. The van der Waals surface area contributed by atoms with Crippen molar-refractivity contribution < 1.29 is 4.79 Å². The first-order valence-electron chi connectivity index (χ1n) is 8.12. The molecule has 2 aromatic rings. The van der Waals surface area contributed by atoms with Gasteiger partial charge in [-0.15, -0.1) is 0 Å². The maximum Gasteiger partial charge on any atom is 0.270 e. The van der Waals surface area contributed by atoms with Crippen LogP contribution in [-0.4, -0.2) is 22.4 Å². The van der Waals surface area contributed by atoms with Gasteiger partial charge in [-0.2, -0.15) is 0 Å². The van der Waals surface area contributed by atoms with Gasteiger partial charge in [0.1, 0.15) is 17.8 Å². The second kappa shape index (κ2) is 8.88. The fraction of sp³-hybridized carbons (Fsp3) is 0.389. The highest BCUT2D eigenvalue weighted by Gasteiger charge is 2.10. The largest absolute Gasteiger partial charge is 0.363 e. The number of rotatable bonds is 8. The third-order valence-electron chi connectivity index (χ3n) is 3.63. The zero-order chi connectivity index (χ0) is 16.5. The number of carbonyl (C=O) groups excluding carboxylic acids is 1. The lowest BCUT2D eigenvalue weighted by atomic mass is 10.1. The number of hydrogen-bond acceptors (Lipinski definition) is 4. The molecule has 0 saturated carbocycles. The summed E-state index contributed by atoms with van der Waals surface area (Å²) in [5.74, 6) is 0.494. The molecule has 0 spiro atoms. The zero-order valence-corrected chi connectivity index (χ0v) is 13.7. The number of nitrogens with one attached hydrogen (secondary N) is 2. The third kappa shape index (κ3) is 5.36. The van der Waals surface area contributed by atoms with Gasteiger partial charge in [0.25, 0.3) is 5.91 Å². The molecule has 5 heteroatoms. The van der Waals surface area contributed by atoms with Crippen LogP contribution in [0.4, 0.5) is 5.82 Å². The SMILES string of the molecule is CCCCCNC(=O)c1cc(NC(C)c2ccccc2)ncn1. The van der Waals surface area contributed by atoms with Crippen LogP contribution in [0.2, 0.25) is 0 Å². The van der Waals surface area contributed by atoms with E-state index in [2.05, 4.69) is 46.6 Å². The highest BCUT2D eigenvalue weighted by molar-refractivity contribution is 5.92. The average Bonchev–Trinajstić information content (AvgIpc) is 2.59. The molecular formula is C18H24N4O. The number of anilines is 1. The van der Waals surface area contributed by atoms with Crippen LogP contribution in [-0.2, 0) is 0 Å². The summed E-state index contributed by atoms with van der Waals surface area (Å²) >= 11 is 0. The van der Waals surface area contributed by atoms with Gasteiger partial charge in [0, 0.05) is 18.7 Å². The Bertz CT molecular complexity index is 615. The standard InChI is InChI=1S/C18H24N4O/c1-3-4-8-11-19-18(23)16-12-17(21-13-20-16)22-14(2)15-9-6-5-7-10-15/h5-7,9-10,12-14H,3-4,8,11H2,1-2H3,(H,19,23)(H,20,21,22). The smallest absolute Gasteiger partial charge is 0.270 e. The number of aromatic nitrogens is 2. The molecule has 0 fully saturated rings. The summed E-state index contributed by atoms with van der Waals surface area (Å²) < 4.78 is 0. The molecule has 0 aliphatic carbocycles. The molecule has 122 valence electrons. The minimum absolute atomic E-state index is 0.103. The monoisotopic (exact) mass is 312 g/mol. The van der Waals surface area contributed by atoms with Gasteiger partial charge in [-0.3, -0.25) is 4.79 Å². The molecule has 0 aliphatic rings. The van der Waals surface area contributed by atoms with E-state index < -0.39 is 0 Å². The van der Waals surface area contributed by atoms with E-state index in [4.69, 9.17) is 0 Å². The highest BCUT2D eigenvalue weighted by Crippen LogP contribution is 2.17. The molecule has 2 N–H and O–H groups in total. The van der Waals surface area contributed by atoms with E-state index in [-0.39, 0.29) is 11.9 Å². The van der Waals surface area contributed by atoms with Crippen molar-refractivity contribution in [1.29, 1.82) is 0 Å². The summed E-state index contributed by atoms with van der Waals surface area (Å²) in [5, 5.41) is 6.19. The maximum absolute atomic E-state index is 12.1. The van der Waals surface area contributed by atoms with Gasteiger partial charge in [-0.1, -0.05) is 50.1 Å². The maximum atomic E-state index is 12.1. The second-order valence-electron chi connectivity index (χ2n) is 5.53. The van der Waals surface area contributed by atoms with Crippen molar-refractivity contribution in [1.82, 2.24) is 15.3 Å². The third-order valence-corrected chi connectivity index (χ3v) is 3.63. The lowest BCUT2D eigenvalue weighted by Gasteiger charge is -2.15. The molecule has 0 radical (unpaired) electrons. The van der Waals surface area contributed by atoms with Gasteiger partial charge >= 0.3 is 0 Å². The van der Waals surface area contributed by atoms with Gasteiger partial charge in [0.2, 0.25) is 0 Å².